The molecule has 0 aliphatic rings. The van der Waals surface area contributed by atoms with Crippen molar-refractivity contribution in [2.45, 2.75) is 296 Å². The fourth-order valence-electron chi connectivity index (χ4n) is 10.3. The summed E-state index contributed by atoms with van der Waals surface area (Å²) in [7, 11) is 5.96. The summed E-state index contributed by atoms with van der Waals surface area (Å²) in [6.07, 6.45) is 126. The zero-order valence-corrected chi connectivity index (χ0v) is 65.9. The van der Waals surface area contributed by atoms with Gasteiger partial charge in [0, 0.05) is 12.8 Å². The molecule has 0 aromatic carbocycles. The van der Waals surface area contributed by atoms with E-state index >= 15 is 0 Å². The maximum Gasteiger partial charge on any atom is 0.361 e. The maximum atomic E-state index is 13.0. The van der Waals surface area contributed by atoms with Crippen LogP contribution in [0, 0.1) is 0 Å². The van der Waals surface area contributed by atoms with Gasteiger partial charge in [-0.1, -0.05) is 341 Å². The first-order valence-electron chi connectivity index (χ1n) is 40.5. The third-order valence-electron chi connectivity index (χ3n) is 16.4. The topological polar surface area (TPSA) is 108 Å². The summed E-state index contributed by atoms with van der Waals surface area (Å²) in [5, 5.41) is 9.78. The fourth-order valence-corrected chi connectivity index (χ4v) is 10.3. The van der Waals surface area contributed by atoms with Gasteiger partial charge in [-0.15, -0.1) is 0 Å². The molecule has 9 nitrogen and oxygen atoms in total. The van der Waals surface area contributed by atoms with E-state index in [0.717, 1.165) is 167 Å². The number of esters is 2. The molecule has 103 heavy (non-hydrogen) atoms. The number of carboxylic acids is 1. The van der Waals surface area contributed by atoms with Gasteiger partial charge in [-0.05, 0) is 161 Å². The van der Waals surface area contributed by atoms with Gasteiger partial charge < -0.3 is 28.5 Å². The minimum Gasteiger partial charge on any atom is -0.477 e. The number of quaternary nitrogens is 1. The Kier molecular flexibility index (Phi) is 75.8. The number of rotatable bonds is 72. The van der Waals surface area contributed by atoms with Crippen LogP contribution in [0.25, 0.3) is 0 Å². The third kappa shape index (κ3) is 82.5. The highest BCUT2D eigenvalue weighted by Gasteiger charge is 2.25. The molecule has 2 atom stereocenters. The van der Waals surface area contributed by atoms with Gasteiger partial charge in [0.15, 0.2) is 6.10 Å². The summed E-state index contributed by atoms with van der Waals surface area (Å²) in [5.74, 6) is -2.06. The largest absolute Gasteiger partial charge is 0.477 e. The molecular weight excluding hydrogens is 1270 g/mol. The van der Waals surface area contributed by atoms with E-state index in [9.17, 15) is 19.5 Å². The Bertz CT molecular complexity index is 2560. The van der Waals surface area contributed by atoms with E-state index in [1.165, 1.54) is 83.5 Å². The van der Waals surface area contributed by atoms with E-state index in [2.05, 4.69) is 245 Å². The first-order valence-corrected chi connectivity index (χ1v) is 40.5. The van der Waals surface area contributed by atoms with Crippen molar-refractivity contribution in [3.05, 3.63) is 231 Å². The standard InChI is InChI=1S/C94H147NO8/c1-6-8-10-12-14-16-18-20-22-24-26-28-30-32-34-36-38-40-42-44-45-46-47-49-51-53-55-57-59-61-63-65-67-69-71-73-75-77-79-81-83-85-92(97)103-90(89-102-94(93(98)99)100-87-86-95(3,4)5)88-101-91(96)84-82-80-78-76-74-72-70-68-66-64-62-60-58-56-54-52-50-48-43-41-39-37-35-33-31-29-27-25-23-21-19-17-15-13-11-9-7-2/h8-11,14-17,20-23,26-29,32-35,38-41,44-45,47-50,53,55,59,61,65,67,71,73,90,94H,6-7,12-13,18-19,24-25,30-31,36-37,42-43,46,51-52,54,56-58,60,62-64,66,68-70,72,74-89H2,1-5H3/p+1/b10-8-,11-9-,16-14-,17-15-,22-20-,23-21-,28-26-,29-27-,34-32-,35-33-,40-38-,41-39-,45-44-,49-47-,50-48-,55-53-,61-59-,67-65-,73-71-. The fraction of sp³-hybridized carbons (Fsp3) is 0.564. The van der Waals surface area contributed by atoms with Gasteiger partial charge in [-0.25, -0.2) is 4.79 Å². The molecule has 0 rings (SSSR count). The van der Waals surface area contributed by atoms with E-state index < -0.39 is 24.3 Å². The van der Waals surface area contributed by atoms with E-state index in [1.807, 2.05) is 21.1 Å². The SMILES string of the molecule is CC/C=C\C/C=C\C/C=C\C/C=C\C/C=C\C/C=C\C/C=C\C/C=C\C/C=C\C/C=C\C/C=C\C/C=C\CCCCCCC(=O)OC(COC(=O)CCCCCCCCCCCCCCCCC/C=C\C/C=C\C/C=C\C/C=C\C/C=C\C/C=C\C/C=C\CC)COC(OCC[N+](C)(C)C)C(=O)O. The van der Waals surface area contributed by atoms with E-state index in [0.29, 0.717) is 17.4 Å². The molecule has 0 aliphatic carbocycles. The van der Waals surface area contributed by atoms with Gasteiger partial charge in [0.1, 0.15) is 13.2 Å². The van der Waals surface area contributed by atoms with Crippen LogP contribution in [0.4, 0.5) is 0 Å². The molecule has 0 amide bonds. The monoisotopic (exact) mass is 1420 g/mol. The Hall–Kier alpha value is -6.65. The van der Waals surface area contributed by atoms with Gasteiger partial charge in [0.25, 0.3) is 6.29 Å². The molecule has 0 saturated heterocycles. The van der Waals surface area contributed by atoms with Crippen molar-refractivity contribution in [1.82, 2.24) is 0 Å². The van der Waals surface area contributed by atoms with Crippen LogP contribution in [0.2, 0.25) is 0 Å². The van der Waals surface area contributed by atoms with Crippen LogP contribution >= 0.6 is 0 Å². The first-order chi connectivity index (χ1) is 50.6. The number of likely N-dealkylation sites (N-methyl/N-ethyl adjacent to an activating group) is 1. The Morgan fingerprint density at radius 2 is 0.524 bits per heavy atom. The number of aliphatic carboxylic acids is 1. The number of carboxylic acid groups (broad SMARTS) is 1. The van der Waals surface area contributed by atoms with Gasteiger partial charge in [0.2, 0.25) is 0 Å². The van der Waals surface area contributed by atoms with Gasteiger partial charge in [-0.3, -0.25) is 9.59 Å². The third-order valence-corrected chi connectivity index (χ3v) is 16.4. The van der Waals surface area contributed by atoms with Crippen molar-refractivity contribution in [1.29, 1.82) is 0 Å². The number of nitrogens with zero attached hydrogens (tertiary/aromatic N) is 1. The average Bonchev–Trinajstić information content (AvgIpc) is 1.01. The lowest BCUT2D eigenvalue weighted by Gasteiger charge is -2.25. The van der Waals surface area contributed by atoms with Crippen molar-refractivity contribution < 1.29 is 42.9 Å². The summed E-state index contributed by atoms with van der Waals surface area (Å²) >= 11 is 0. The Labute approximate surface area is 631 Å². The molecular formula is C94H148NO8+. The molecule has 0 saturated carbocycles. The van der Waals surface area contributed by atoms with E-state index in [-0.39, 0.29) is 38.6 Å². The van der Waals surface area contributed by atoms with Crippen molar-refractivity contribution in [2.24, 2.45) is 0 Å². The predicted octanol–water partition coefficient (Wildman–Crippen LogP) is 26.6. The highest BCUT2D eigenvalue weighted by Crippen LogP contribution is 2.16. The molecule has 1 N–H and O–H groups in total. The maximum absolute atomic E-state index is 13.0. The molecule has 9 heteroatoms. The Morgan fingerprint density at radius 3 is 0.777 bits per heavy atom. The minimum absolute atomic E-state index is 0.171. The zero-order valence-electron chi connectivity index (χ0n) is 65.9. The second kappa shape index (κ2) is 81.0. The van der Waals surface area contributed by atoms with Crippen molar-refractivity contribution >= 4 is 17.9 Å². The van der Waals surface area contributed by atoms with Crippen LogP contribution in [0.5, 0.6) is 0 Å². The van der Waals surface area contributed by atoms with Crippen LogP contribution in [-0.4, -0.2) is 87.4 Å². The van der Waals surface area contributed by atoms with Crippen LogP contribution in [0.3, 0.4) is 0 Å². The van der Waals surface area contributed by atoms with Crippen molar-refractivity contribution in [2.75, 3.05) is 47.5 Å². The Morgan fingerprint density at radius 1 is 0.291 bits per heavy atom. The number of carbonyl (C=O) groups excluding carboxylic acids is 2. The van der Waals surface area contributed by atoms with Gasteiger partial charge in [0.05, 0.1) is 34.4 Å². The zero-order chi connectivity index (χ0) is 74.6. The lowest BCUT2D eigenvalue weighted by Crippen LogP contribution is -2.40. The molecule has 576 valence electrons. The Balaban J connectivity index is 4.18. The minimum atomic E-state index is -1.53. The van der Waals surface area contributed by atoms with Crippen molar-refractivity contribution in [3.63, 3.8) is 0 Å². The first kappa shape index (κ1) is 96.4. The summed E-state index contributed by atoms with van der Waals surface area (Å²) in [4.78, 5) is 37.8. The quantitative estimate of drug-likeness (QED) is 0.0211. The molecule has 0 radical (unpaired) electrons. The lowest BCUT2D eigenvalue weighted by atomic mass is 10.0. The smallest absolute Gasteiger partial charge is 0.361 e. The van der Waals surface area contributed by atoms with Crippen LogP contribution in [0.1, 0.15) is 284 Å². The molecule has 2 unspecified atom stereocenters. The molecule has 0 aliphatic heterocycles. The van der Waals surface area contributed by atoms with Gasteiger partial charge in [-0.2, -0.15) is 0 Å². The number of allylic oxidation sites excluding steroid dienone is 38. The summed E-state index contributed by atoms with van der Waals surface area (Å²) in [5.41, 5.74) is 0. The lowest BCUT2D eigenvalue weighted by molar-refractivity contribution is -0.870. The second-order valence-electron chi connectivity index (χ2n) is 27.3. The second-order valence-corrected chi connectivity index (χ2v) is 27.3. The number of ether oxygens (including phenoxy) is 4. The van der Waals surface area contributed by atoms with Crippen molar-refractivity contribution in [3.8, 4) is 0 Å². The average molecular weight is 1420 g/mol. The van der Waals surface area contributed by atoms with Crippen LogP contribution in [-0.2, 0) is 33.3 Å². The van der Waals surface area contributed by atoms with Gasteiger partial charge >= 0.3 is 17.9 Å². The van der Waals surface area contributed by atoms with Crippen LogP contribution in [0.15, 0.2) is 231 Å². The van der Waals surface area contributed by atoms with E-state index in [4.69, 9.17) is 18.9 Å². The molecule has 0 heterocycles. The number of unbranched alkanes of at least 4 members (excludes halogenated alkanes) is 19. The highest BCUT2D eigenvalue weighted by molar-refractivity contribution is 5.71. The molecule has 0 spiro atoms. The highest BCUT2D eigenvalue weighted by atomic mass is 16.7. The molecule has 0 fully saturated rings. The summed E-state index contributed by atoms with van der Waals surface area (Å²) in [6, 6.07) is 0. The molecule has 0 aromatic rings. The number of carbonyl (C=O) groups is 3. The van der Waals surface area contributed by atoms with Crippen LogP contribution < -0.4 is 0 Å². The molecule has 0 bridgehead atoms. The predicted molar refractivity (Wildman–Crippen MR) is 446 cm³/mol. The number of hydrogen-bond donors (Lipinski definition) is 1. The summed E-state index contributed by atoms with van der Waals surface area (Å²) < 4.78 is 23.0. The van der Waals surface area contributed by atoms with E-state index in [1.54, 1.807) is 0 Å². The molecule has 0 aromatic heterocycles. The summed E-state index contributed by atoms with van der Waals surface area (Å²) in [6.45, 7) is 4.60. The normalized spacial score (nSPS) is 13.9. The number of hydrogen-bond acceptors (Lipinski definition) is 7.